The van der Waals surface area contributed by atoms with Crippen LogP contribution in [-0.4, -0.2) is 23.7 Å². The molecule has 1 amide bonds. The van der Waals surface area contributed by atoms with Gasteiger partial charge >= 0.3 is 0 Å². The highest BCUT2D eigenvalue weighted by molar-refractivity contribution is 5.95. The van der Waals surface area contributed by atoms with Crippen LogP contribution >= 0.6 is 0 Å². The van der Waals surface area contributed by atoms with E-state index in [4.69, 9.17) is 5.11 Å². The summed E-state index contributed by atoms with van der Waals surface area (Å²) >= 11 is 0. The number of nitrogens with one attached hydrogen (secondary N) is 1. The largest absolute Gasteiger partial charge is 0.384 e. The number of amides is 1. The van der Waals surface area contributed by atoms with Crippen molar-refractivity contribution in [2.75, 3.05) is 6.61 Å². The van der Waals surface area contributed by atoms with E-state index in [9.17, 15) is 4.79 Å². The number of rotatable bonds is 5. The van der Waals surface area contributed by atoms with Crippen molar-refractivity contribution in [3.05, 3.63) is 34.9 Å². The highest BCUT2D eigenvalue weighted by Crippen LogP contribution is 2.34. The first-order valence-corrected chi connectivity index (χ1v) is 7.64. The zero-order chi connectivity index (χ0) is 15.2. The second kappa shape index (κ2) is 7.28. The molecule has 1 aliphatic carbocycles. The Morgan fingerprint density at radius 1 is 1.43 bits per heavy atom. The van der Waals surface area contributed by atoms with Crippen molar-refractivity contribution in [3.63, 3.8) is 0 Å². The van der Waals surface area contributed by atoms with Crippen LogP contribution in [-0.2, 0) is 0 Å². The van der Waals surface area contributed by atoms with Crippen LogP contribution in [0.4, 0.5) is 0 Å². The van der Waals surface area contributed by atoms with E-state index in [1.165, 1.54) is 12.8 Å². The molecule has 1 aliphatic rings. The lowest BCUT2D eigenvalue weighted by Crippen LogP contribution is -2.34. The molecule has 112 valence electrons. The molecule has 1 aromatic rings. The number of aryl methyl sites for hydroxylation is 1. The zero-order valence-corrected chi connectivity index (χ0v) is 12.8. The summed E-state index contributed by atoms with van der Waals surface area (Å²) in [6.07, 6.45) is 4.66. The van der Waals surface area contributed by atoms with E-state index in [-0.39, 0.29) is 18.6 Å². The number of carbonyl (C=O) groups is 1. The van der Waals surface area contributed by atoms with Gasteiger partial charge in [-0.1, -0.05) is 31.6 Å². The maximum Gasteiger partial charge on any atom is 0.251 e. The quantitative estimate of drug-likeness (QED) is 0.817. The van der Waals surface area contributed by atoms with Gasteiger partial charge in [0.1, 0.15) is 6.61 Å². The topological polar surface area (TPSA) is 49.3 Å². The third-order valence-electron chi connectivity index (χ3n) is 3.79. The molecule has 3 heteroatoms. The van der Waals surface area contributed by atoms with Crippen molar-refractivity contribution in [1.82, 2.24) is 5.32 Å². The summed E-state index contributed by atoms with van der Waals surface area (Å²) < 4.78 is 0. The Kier molecular flexibility index (Phi) is 5.41. The molecule has 0 aliphatic heterocycles. The molecule has 2 N–H and O–H groups in total. The molecule has 0 spiro atoms. The van der Waals surface area contributed by atoms with Crippen molar-refractivity contribution in [3.8, 4) is 11.8 Å². The monoisotopic (exact) mass is 285 g/mol. The van der Waals surface area contributed by atoms with Crippen molar-refractivity contribution in [2.24, 2.45) is 5.92 Å². The minimum atomic E-state index is -0.172. The number of hydrogen-bond acceptors (Lipinski definition) is 2. The van der Waals surface area contributed by atoms with E-state index < -0.39 is 0 Å². The van der Waals surface area contributed by atoms with Crippen LogP contribution in [0.5, 0.6) is 0 Å². The number of aliphatic hydroxyl groups is 1. The van der Waals surface area contributed by atoms with Gasteiger partial charge in [0.15, 0.2) is 0 Å². The third-order valence-corrected chi connectivity index (χ3v) is 3.79. The van der Waals surface area contributed by atoms with E-state index in [1.807, 2.05) is 19.1 Å². The second-order valence-corrected chi connectivity index (χ2v) is 5.81. The molecule has 1 fully saturated rings. The molecule has 1 aromatic carbocycles. The van der Waals surface area contributed by atoms with Gasteiger partial charge in [-0.3, -0.25) is 4.79 Å². The lowest BCUT2D eigenvalue weighted by molar-refractivity contribution is 0.0932. The summed E-state index contributed by atoms with van der Waals surface area (Å²) in [5, 5.41) is 11.9. The van der Waals surface area contributed by atoms with Crippen LogP contribution in [0.3, 0.4) is 0 Å². The first-order chi connectivity index (χ1) is 10.1. The Labute approximate surface area is 126 Å². The number of hydrogen-bond donors (Lipinski definition) is 2. The SMILES string of the molecule is CCC(CC1CC1)NC(=O)c1cc(C)cc(C#CCO)c1. The second-order valence-electron chi connectivity index (χ2n) is 5.81. The molecular formula is C18H23NO2. The molecule has 1 atom stereocenters. The molecule has 0 saturated heterocycles. The molecule has 0 aromatic heterocycles. The smallest absolute Gasteiger partial charge is 0.251 e. The minimum Gasteiger partial charge on any atom is -0.384 e. The van der Waals surface area contributed by atoms with Gasteiger partial charge in [0.2, 0.25) is 0 Å². The fraction of sp³-hybridized carbons (Fsp3) is 0.500. The standard InChI is InChI=1S/C18H23NO2/c1-3-17(12-14-6-7-14)19-18(21)16-10-13(2)9-15(11-16)5-4-8-20/h9-11,14,17,20H,3,6-8,12H2,1-2H3,(H,19,21). The average molecular weight is 285 g/mol. The maximum atomic E-state index is 12.4. The highest BCUT2D eigenvalue weighted by atomic mass is 16.2. The van der Waals surface area contributed by atoms with Crippen LogP contribution in [0.2, 0.25) is 0 Å². The van der Waals surface area contributed by atoms with Gasteiger partial charge in [-0.25, -0.2) is 0 Å². The lowest BCUT2D eigenvalue weighted by Gasteiger charge is -2.17. The van der Waals surface area contributed by atoms with Gasteiger partial charge in [0.25, 0.3) is 5.91 Å². The normalized spacial score (nSPS) is 15.0. The highest BCUT2D eigenvalue weighted by Gasteiger charge is 2.25. The van der Waals surface area contributed by atoms with Gasteiger partial charge in [0, 0.05) is 17.2 Å². The Balaban J connectivity index is 2.08. The van der Waals surface area contributed by atoms with Gasteiger partial charge in [0.05, 0.1) is 0 Å². The molecule has 21 heavy (non-hydrogen) atoms. The van der Waals surface area contributed by atoms with E-state index in [0.29, 0.717) is 5.56 Å². The van der Waals surface area contributed by atoms with E-state index >= 15 is 0 Å². The number of carbonyl (C=O) groups excluding carboxylic acids is 1. The minimum absolute atomic E-state index is 0.0294. The number of benzene rings is 1. The summed E-state index contributed by atoms with van der Waals surface area (Å²) in [6.45, 7) is 3.89. The molecule has 3 nitrogen and oxygen atoms in total. The molecule has 0 heterocycles. The molecule has 1 saturated carbocycles. The van der Waals surface area contributed by atoms with Crippen LogP contribution in [0.25, 0.3) is 0 Å². The molecule has 0 radical (unpaired) electrons. The predicted octanol–water partition coefficient (Wildman–Crippen LogP) is 2.65. The fourth-order valence-electron chi connectivity index (χ4n) is 2.48. The van der Waals surface area contributed by atoms with Crippen LogP contribution in [0.15, 0.2) is 18.2 Å². The third kappa shape index (κ3) is 4.91. The Hall–Kier alpha value is -1.79. The first kappa shape index (κ1) is 15.6. The molecule has 0 bridgehead atoms. The van der Waals surface area contributed by atoms with Gasteiger partial charge in [-0.15, -0.1) is 0 Å². The van der Waals surface area contributed by atoms with Crippen LogP contribution < -0.4 is 5.32 Å². The summed E-state index contributed by atoms with van der Waals surface area (Å²) in [6, 6.07) is 5.84. The fourth-order valence-corrected chi connectivity index (χ4v) is 2.48. The maximum absolute atomic E-state index is 12.4. The first-order valence-electron chi connectivity index (χ1n) is 7.64. The Morgan fingerprint density at radius 3 is 2.81 bits per heavy atom. The van der Waals surface area contributed by atoms with Gasteiger partial charge in [-0.05, 0) is 49.4 Å². The van der Waals surface area contributed by atoms with E-state index in [0.717, 1.165) is 29.9 Å². The molecule has 1 unspecified atom stereocenters. The van der Waals surface area contributed by atoms with Crippen molar-refractivity contribution >= 4 is 5.91 Å². The zero-order valence-electron chi connectivity index (χ0n) is 12.8. The van der Waals surface area contributed by atoms with Crippen LogP contribution in [0, 0.1) is 24.7 Å². The predicted molar refractivity (Wildman–Crippen MR) is 84.0 cm³/mol. The lowest BCUT2D eigenvalue weighted by atomic mass is 10.0. The van der Waals surface area contributed by atoms with Gasteiger partial charge < -0.3 is 10.4 Å². The molecular weight excluding hydrogens is 262 g/mol. The average Bonchev–Trinajstić information content (AvgIpc) is 3.27. The Morgan fingerprint density at radius 2 is 2.19 bits per heavy atom. The summed E-state index contributed by atoms with van der Waals surface area (Å²) in [4.78, 5) is 12.4. The summed E-state index contributed by atoms with van der Waals surface area (Å²) in [7, 11) is 0. The molecule has 2 rings (SSSR count). The number of aliphatic hydroxyl groups excluding tert-OH is 1. The van der Waals surface area contributed by atoms with Crippen molar-refractivity contribution in [2.45, 2.75) is 45.6 Å². The van der Waals surface area contributed by atoms with Crippen molar-refractivity contribution in [1.29, 1.82) is 0 Å². The van der Waals surface area contributed by atoms with Crippen LogP contribution in [0.1, 0.15) is 54.1 Å². The van der Waals surface area contributed by atoms with E-state index in [2.05, 4.69) is 24.1 Å². The van der Waals surface area contributed by atoms with Gasteiger partial charge in [-0.2, -0.15) is 0 Å². The summed E-state index contributed by atoms with van der Waals surface area (Å²) in [5.74, 6) is 6.25. The van der Waals surface area contributed by atoms with E-state index in [1.54, 1.807) is 6.07 Å². The summed E-state index contributed by atoms with van der Waals surface area (Å²) in [5.41, 5.74) is 2.41. The van der Waals surface area contributed by atoms with Crippen molar-refractivity contribution < 1.29 is 9.90 Å². The Bertz CT molecular complexity index is 564.